The SMILES string of the molecule is NC(N)=[NH+]C(N)=[NH+]c1ccc(Cl)c(C(F)(F)F)c1. The lowest BCUT2D eigenvalue weighted by atomic mass is 10.2. The average molecular weight is 282 g/mol. The lowest BCUT2D eigenvalue weighted by molar-refractivity contribution is -0.459. The zero-order valence-corrected chi connectivity index (χ0v) is 9.73. The van der Waals surface area contributed by atoms with E-state index in [2.05, 4.69) is 9.98 Å². The minimum Gasteiger partial charge on any atom is -0.275 e. The summed E-state index contributed by atoms with van der Waals surface area (Å²) in [5, 5.41) is -0.399. The zero-order chi connectivity index (χ0) is 13.9. The highest BCUT2D eigenvalue weighted by Gasteiger charge is 2.33. The van der Waals surface area contributed by atoms with Crippen LogP contribution in [0, 0.1) is 0 Å². The second-order valence-electron chi connectivity index (χ2n) is 3.31. The minimum absolute atomic E-state index is 0.0953. The van der Waals surface area contributed by atoms with Crippen LogP contribution in [0.2, 0.25) is 5.02 Å². The molecule has 0 amide bonds. The number of nitrogens with one attached hydrogen (secondary N) is 2. The molecule has 0 unspecified atom stereocenters. The first kappa shape index (κ1) is 14.1. The van der Waals surface area contributed by atoms with E-state index in [0.29, 0.717) is 0 Å². The molecular weight excluding hydrogens is 271 g/mol. The van der Waals surface area contributed by atoms with Crippen molar-refractivity contribution in [3.05, 3.63) is 28.8 Å². The predicted octanol–water partition coefficient (Wildman–Crippen LogP) is -2.26. The smallest absolute Gasteiger partial charge is 0.275 e. The molecule has 1 rings (SSSR count). The van der Waals surface area contributed by atoms with E-state index in [1.54, 1.807) is 0 Å². The quantitative estimate of drug-likeness (QED) is 0.296. The molecule has 0 atom stereocenters. The Morgan fingerprint density at radius 2 is 1.78 bits per heavy atom. The van der Waals surface area contributed by atoms with Crippen molar-refractivity contribution in [1.82, 2.24) is 0 Å². The number of hydrogen-bond donors (Lipinski definition) is 5. The fourth-order valence-electron chi connectivity index (χ4n) is 1.16. The van der Waals surface area contributed by atoms with E-state index in [9.17, 15) is 13.2 Å². The van der Waals surface area contributed by atoms with Crippen LogP contribution in [0.25, 0.3) is 0 Å². The first-order chi connectivity index (χ1) is 8.20. The van der Waals surface area contributed by atoms with Gasteiger partial charge >= 0.3 is 18.1 Å². The van der Waals surface area contributed by atoms with Crippen molar-refractivity contribution in [2.24, 2.45) is 17.2 Å². The normalized spacial score (nSPS) is 12.3. The van der Waals surface area contributed by atoms with Gasteiger partial charge in [0, 0.05) is 0 Å². The van der Waals surface area contributed by atoms with Crippen molar-refractivity contribution in [3.63, 3.8) is 0 Å². The van der Waals surface area contributed by atoms with Crippen LogP contribution in [0.15, 0.2) is 18.2 Å². The van der Waals surface area contributed by atoms with E-state index in [1.165, 1.54) is 6.07 Å². The highest BCUT2D eigenvalue weighted by Crippen LogP contribution is 2.35. The fourth-order valence-corrected chi connectivity index (χ4v) is 1.39. The molecule has 0 aliphatic heterocycles. The van der Waals surface area contributed by atoms with Crippen molar-refractivity contribution < 1.29 is 23.2 Å². The molecule has 0 saturated carbocycles. The first-order valence-electron chi connectivity index (χ1n) is 4.61. The molecule has 5 nitrogen and oxygen atoms in total. The summed E-state index contributed by atoms with van der Waals surface area (Å²) in [4.78, 5) is 4.76. The van der Waals surface area contributed by atoms with Crippen molar-refractivity contribution in [2.75, 3.05) is 0 Å². The molecule has 0 radical (unpaired) electrons. The van der Waals surface area contributed by atoms with Gasteiger partial charge < -0.3 is 0 Å². The number of alkyl halides is 3. The van der Waals surface area contributed by atoms with Gasteiger partial charge in [0.25, 0.3) is 0 Å². The number of benzene rings is 1. The molecule has 0 heterocycles. The molecule has 0 fully saturated rings. The Balaban J connectivity index is 3.18. The number of hydrogen-bond acceptors (Lipinski definition) is 0. The number of rotatable bonds is 1. The summed E-state index contributed by atoms with van der Waals surface area (Å²) in [5.74, 6) is -0.296. The van der Waals surface area contributed by atoms with Gasteiger partial charge in [0.05, 0.1) is 10.6 Å². The third-order valence-electron chi connectivity index (χ3n) is 1.83. The van der Waals surface area contributed by atoms with Crippen LogP contribution in [0.1, 0.15) is 5.56 Å². The Hall–Kier alpha value is -1.96. The molecule has 0 aliphatic carbocycles. The lowest BCUT2D eigenvalue weighted by Gasteiger charge is -2.08. The van der Waals surface area contributed by atoms with E-state index in [0.717, 1.165) is 12.1 Å². The van der Waals surface area contributed by atoms with Gasteiger partial charge in [0.2, 0.25) is 0 Å². The number of guanidine groups is 2. The second-order valence-corrected chi connectivity index (χ2v) is 3.72. The minimum atomic E-state index is -4.55. The van der Waals surface area contributed by atoms with Crippen LogP contribution < -0.4 is 27.2 Å². The van der Waals surface area contributed by atoms with Gasteiger partial charge in [-0.3, -0.25) is 17.2 Å². The van der Waals surface area contributed by atoms with Gasteiger partial charge in [0.15, 0.2) is 0 Å². The largest absolute Gasteiger partial charge is 0.417 e. The lowest BCUT2D eigenvalue weighted by Crippen LogP contribution is -2.96. The summed E-state index contributed by atoms with van der Waals surface area (Å²) < 4.78 is 37.7. The molecule has 18 heavy (non-hydrogen) atoms. The molecule has 0 aliphatic rings. The molecule has 1 aromatic rings. The maximum atomic E-state index is 12.6. The van der Waals surface area contributed by atoms with Crippen LogP contribution >= 0.6 is 11.6 Å². The molecule has 1 aromatic carbocycles. The Morgan fingerprint density at radius 1 is 1.17 bits per heavy atom. The van der Waals surface area contributed by atoms with Crippen LogP contribution in [0.4, 0.5) is 18.9 Å². The van der Waals surface area contributed by atoms with E-state index in [4.69, 9.17) is 28.8 Å². The molecule has 9 heteroatoms. The molecule has 0 saturated heterocycles. The van der Waals surface area contributed by atoms with Crippen LogP contribution in [-0.4, -0.2) is 11.9 Å². The van der Waals surface area contributed by atoms with Crippen molar-refractivity contribution in [3.8, 4) is 0 Å². The third-order valence-corrected chi connectivity index (χ3v) is 2.16. The maximum absolute atomic E-state index is 12.6. The summed E-state index contributed by atoms with van der Waals surface area (Å²) >= 11 is 5.46. The summed E-state index contributed by atoms with van der Waals surface area (Å²) in [6.45, 7) is 0. The standard InChI is InChI=1S/C9H9ClF3N5/c10-6-2-1-4(3-5(6)9(11,12)13)17-8(16)18-7(14)15/h1-3H,(H6,14,15,16,17,18)/p+2. The molecule has 98 valence electrons. The number of halogens is 4. The molecular formula is C9H11ClF3N5+2. The fraction of sp³-hybridized carbons (Fsp3) is 0.111. The van der Waals surface area contributed by atoms with Crippen molar-refractivity contribution >= 4 is 29.2 Å². The van der Waals surface area contributed by atoms with Gasteiger partial charge in [0.1, 0.15) is 5.69 Å². The van der Waals surface area contributed by atoms with Gasteiger partial charge in [-0.2, -0.15) is 18.2 Å². The molecule has 0 aromatic heterocycles. The van der Waals surface area contributed by atoms with Crippen LogP contribution in [-0.2, 0) is 6.18 Å². The molecule has 0 bridgehead atoms. The Labute approximate surface area is 105 Å². The van der Waals surface area contributed by atoms with Crippen molar-refractivity contribution in [2.45, 2.75) is 6.18 Å². The summed E-state index contributed by atoms with van der Waals surface area (Å²) in [6.07, 6.45) is -4.55. The maximum Gasteiger partial charge on any atom is 0.417 e. The summed E-state index contributed by atoms with van der Waals surface area (Å²) in [6, 6.07) is 3.26. The Bertz CT molecular complexity index is 505. The van der Waals surface area contributed by atoms with Crippen molar-refractivity contribution in [1.29, 1.82) is 0 Å². The van der Waals surface area contributed by atoms with Crippen LogP contribution in [0.3, 0.4) is 0 Å². The second kappa shape index (κ2) is 5.13. The zero-order valence-electron chi connectivity index (χ0n) is 8.98. The van der Waals surface area contributed by atoms with E-state index in [-0.39, 0.29) is 17.6 Å². The van der Waals surface area contributed by atoms with Gasteiger partial charge in [-0.15, -0.1) is 0 Å². The van der Waals surface area contributed by atoms with E-state index < -0.39 is 16.8 Å². The highest BCUT2D eigenvalue weighted by atomic mass is 35.5. The number of nitrogens with two attached hydrogens (primary N) is 3. The van der Waals surface area contributed by atoms with Gasteiger partial charge in [-0.1, -0.05) is 11.6 Å². The third kappa shape index (κ3) is 3.81. The van der Waals surface area contributed by atoms with Gasteiger partial charge in [-0.25, -0.2) is 4.99 Å². The first-order valence-corrected chi connectivity index (χ1v) is 4.99. The summed E-state index contributed by atoms with van der Waals surface area (Å²) in [5.41, 5.74) is 14.8. The monoisotopic (exact) mass is 281 g/mol. The topological polar surface area (TPSA) is 106 Å². The molecule has 0 spiro atoms. The Kier molecular flexibility index (Phi) is 4.02. The Morgan fingerprint density at radius 3 is 2.28 bits per heavy atom. The molecule has 8 N–H and O–H groups in total. The van der Waals surface area contributed by atoms with E-state index in [1.807, 2.05) is 0 Å². The van der Waals surface area contributed by atoms with E-state index >= 15 is 0 Å². The highest BCUT2D eigenvalue weighted by molar-refractivity contribution is 6.31. The average Bonchev–Trinajstić information content (AvgIpc) is 2.17. The predicted molar refractivity (Wildman–Crippen MR) is 60.6 cm³/mol. The van der Waals surface area contributed by atoms with Crippen LogP contribution in [0.5, 0.6) is 0 Å². The van der Waals surface area contributed by atoms with Gasteiger partial charge in [-0.05, 0) is 18.2 Å². The summed E-state index contributed by atoms with van der Waals surface area (Å²) in [7, 11) is 0.